The van der Waals surface area contributed by atoms with Gasteiger partial charge in [-0.05, 0) is 23.8 Å². The summed E-state index contributed by atoms with van der Waals surface area (Å²) in [5.74, 6) is 0.0514. The van der Waals surface area contributed by atoms with Gasteiger partial charge in [0.25, 0.3) is 5.91 Å². The molecule has 2 aromatic rings. The van der Waals surface area contributed by atoms with Crippen molar-refractivity contribution in [3.05, 3.63) is 64.7 Å². The molecule has 2 aromatic carbocycles. The van der Waals surface area contributed by atoms with Gasteiger partial charge in [0.05, 0.1) is 5.02 Å². The topological polar surface area (TPSA) is 65.1 Å². The van der Waals surface area contributed by atoms with E-state index in [2.05, 4.69) is 0 Å². The molecule has 0 radical (unpaired) electrons. The Bertz CT molecular complexity index is 895. The zero-order chi connectivity index (χ0) is 20.1. The van der Waals surface area contributed by atoms with Crippen molar-refractivity contribution in [3.63, 3.8) is 0 Å². The molecule has 0 fully saturated rings. The van der Waals surface area contributed by atoms with Crippen molar-refractivity contribution in [1.29, 1.82) is 0 Å². The number of nitrogens with zero attached hydrogens (tertiary/aromatic N) is 1. The summed E-state index contributed by atoms with van der Waals surface area (Å²) in [6, 6.07) is 12.3. The van der Waals surface area contributed by atoms with Crippen molar-refractivity contribution in [1.82, 2.24) is 4.90 Å². The van der Waals surface area contributed by atoms with E-state index in [4.69, 9.17) is 25.8 Å². The third-order valence-electron chi connectivity index (χ3n) is 4.03. The molecule has 0 saturated heterocycles. The number of halogens is 1. The molecule has 0 spiro atoms. The van der Waals surface area contributed by atoms with Crippen molar-refractivity contribution >= 4 is 29.6 Å². The molecule has 0 bridgehead atoms. The smallest absolute Gasteiger partial charge is 0.331 e. The van der Waals surface area contributed by atoms with Gasteiger partial charge in [0.2, 0.25) is 6.10 Å². The number of amides is 1. The number of likely N-dealkylation sites (N-methyl/N-ethyl adjacent to an activating group) is 1. The van der Waals surface area contributed by atoms with Gasteiger partial charge >= 0.3 is 5.97 Å². The van der Waals surface area contributed by atoms with Gasteiger partial charge in [0.1, 0.15) is 13.2 Å². The number of hydrogen-bond donors (Lipinski definition) is 0. The summed E-state index contributed by atoms with van der Waals surface area (Å²) in [4.78, 5) is 26.2. The average Bonchev–Trinajstić information content (AvgIpc) is 2.70. The Morgan fingerprint density at radius 3 is 2.57 bits per heavy atom. The number of carbonyl (C=O) groups excluding carboxylic acids is 2. The number of fused-ring (bicyclic) bond motifs is 1. The average molecular weight is 402 g/mol. The van der Waals surface area contributed by atoms with E-state index in [1.54, 1.807) is 56.6 Å². The fraction of sp³-hybridized carbons (Fsp3) is 0.238. The maximum absolute atomic E-state index is 12.4. The first-order valence-corrected chi connectivity index (χ1v) is 9.07. The van der Waals surface area contributed by atoms with E-state index in [9.17, 15) is 9.59 Å². The Labute approximate surface area is 168 Å². The van der Waals surface area contributed by atoms with Gasteiger partial charge in [0.15, 0.2) is 11.5 Å². The monoisotopic (exact) mass is 401 g/mol. The fourth-order valence-electron chi connectivity index (χ4n) is 2.67. The Morgan fingerprint density at radius 1 is 1.14 bits per heavy atom. The van der Waals surface area contributed by atoms with E-state index < -0.39 is 12.1 Å². The molecule has 1 amide bonds. The van der Waals surface area contributed by atoms with Crippen LogP contribution in [0.2, 0.25) is 5.02 Å². The quantitative estimate of drug-likeness (QED) is 0.566. The number of esters is 1. The zero-order valence-corrected chi connectivity index (χ0v) is 16.3. The maximum Gasteiger partial charge on any atom is 0.331 e. The molecule has 6 nitrogen and oxygen atoms in total. The second-order valence-corrected chi connectivity index (χ2v) is 6.73. The number of benzene rings is 2. The second-order valence-electron chi connectivity index (χ2n) is 6.32. The number of hydrogen-bond acceptors (Lipinski definition) is 5. The first kappa shape index (κ1) is 19.8. The van der Waals surface area contributed by atoms with Crippen LogP contribution in [0.25, 0.3) is 6.08 Å². The van der Waals surface area contributed by atoms with Gasteiger partial charge in [-0.25, -0.2) is 4.79 Å². The Morgan fingerprint density at radius 2 is 1.86 bits per heavy atom. The van der Waals surface area contributed by atoms with Crippen LogP contribution in [0.4, 0.5) is 0 Å². The van der Waals surface area contributed by atoms with E-state index in [1.165, 1.54) is 11.0 Å². The molecule has 1 aliphatic rings. The van der Waals surface area contributed by atoms with Crippen LogP contribution in [0.1, 0.15) is 17.2 Å². The number of carbonyl (C=O) groups is 2. The first-order chi connectivity index (χ1) is 13.5. The molecule has 7 heteroatoms. The highest BCUT2D eigenvalue weighted by Gasteiger charge is 2.25. The lowest BCUT2D eigenvalue weighted by Gasteiger charge is -2.20. The van der Waals surface area contributed by atoms with Crippen LogP contribution in [0.15, 0.2) is 48.5 Å². The van der Waals surface area contributed by atoms with Crippen LogP contribution in [0, 0.1) is 0 Å². The minimum atomic E-state index is -1.02. The van der Waals surface area contributed by atoms with Crippen LogP contribution < -0.4 is 9.47 Å². The molecule has 0 N–H and O–H groups in total. The summed E-state index contributed by atoms with van der Waals surface area (Å²) < 4.78 is 16.4. The van der Waals surface area contributed by atoms with Gasteiger partial charge in [-0.15, -0.1) is 0 Å². The van der Waals surface area contributed by atoms with E-state index in [-0.39, 0.29) is 5.91 Å². The van der Waals surface area contributed by atoms with Crippen LogP contribution in [0.3, 0.4) is 0 Å². The molecule has 28 heavy (non-hydrogen) atoms. The van der Waals surface area contributed by atoms with Gasteiger partial charge in [-0.2, -0.15) is 0 Å². The largest absolute Gasteiger partial charge is 0.486 e. The van der Waals surface area contributed by atoms with Crippen molar-refractivity contribution in [2.24, 2.45) is 0 Å². The minimum Gasteiger partial charge on any atom is -0.486 e. The van der Waals surface area contributed by atoms with Crippen molar-refractivity contribution in [3.8, 4) is 11.5 Å². The highest BCUT2D eigenvalue weighted by atomic mass is 35.5. The van der Waals surface area contributed by atoms with E-state index in [0.717, 1.165) is 0 Å². The van der Waals surface area contributed by atoms with Gasteiger partial charge < -0.3 is 19.1 Å². The molecule has 0 unspecified atom stereocenters. The molecule has 1 heterocycles. The summed E-state index contributed by atoms with van der Waals surface area (Å²) in [5, 5.41) is 0.398. The third-order valence-corrected chi connectivity index (χ3v) is 4.31. The Balaban J connectivity index is 1.76. The minimum absolute atomic E-state index is 0.324. The number of rotatable bonds is 5. The van der Waals surface area contributed by atoms with E-state index >= 15 is 0 Å². The molecule has 0 saturated carbocycles. The van der Waals surface area contributed by atoms with Crippen LogP contribution in [-0.4, -0.2) is 44.1 Å². The van der Waals surface area contributed by atoms with Crippen LogP contribution in [0.5, 0.6) is 11.5 Å². The summed E-state index contributed by atoms with van der Waals surface area (Å²) in [7, 11) is 3.22. The highest BCUT2D eigenvalue weighted by molar-refractivity contribution is 6.32. The highest BCUT2D eigenvalue weighted by Crippen LogP contribution is 2.38. The molecule has 0 aliphatic carbocycles. The molecule has 3 rings (SSSR count). The van der Waals surface area contributed by atoms with Crippen molar-refractivity contribution in [2.75, 3.05) is 27.3 Å². The van der Waals surface area contributed by atoms with Gasteiger partial charge in [-0.1, -0.05) is 41.9 Å². The Hall–Kier alpha value is -2.99. The van der Waals surface area contributed by atoms with E-state index in [0.29, 0.717) is 40.9 Å². The van der Waals surface area contributed by atoms with Crippen molar-refractivity contribution in [2.45, 2.75) is 6.10 Å². The Kier molecular flexibility index (Phi) is 6.21. The molecule has 1 atom stereocenters. The molecule has 146 valence electrons. The molecule has 0 aromatic heterocycles. The normalized spacial score (nSPS) is 13.8. The van der Waals surface area contributed by atoms with Gasteiger partial charge in [0, 0.05) is 25.7 Å². The molecular formula is C21H20ClNO5. The molecular weight excluding hydrogens is 382 g/mol. The zero-order valence-electron chi connectivity index (χ0n) is 15.6. The lowest BCUT2D eigenvalue weighted by atomic mass is 10.1. The fourth-order valence-corrected chi connectivity index (χ4v) is 2.94. The summed E-state index contributed by atoms with van der Waals surface area (Å²) in [6.45, 7) is 0.874. The first-order valence-electron chi connectivity index (χ1n) is 8.69. The third kappa shape index (κ3) is 4.64. The SMILES string of the molecule is CN(C)C(=O)[C@H](OC(=O)/C=C/c1cc(Cl)c2c(c1)OCCO2)c1ccccc1. The summed E-state index contributed by atoms with van der Waals surface area (Å²) in [5.41, 5.74) is 1.26. The summed E-state index contributed by atoms with van der Waals surface area (Å²) >= 11 is 6.20. The predicted molar refractivity (Wildman–Crippen MR) is 105 cm³/mol. The lowest BCUT2D eigenvalue weighted by molar-refractivity contribution is -0.155. The summed E-state index contributed by atoms with van der Waals surface area (Å²) in [6.07, 6.45) is 1.78. The number of ether oxygens (including phenoxy) is 3. The van der Waals surface area contributed by atoms with Crippen LogP contribution >= 0.6 is 11.6 Å². The lowest BCUT2D eigenvalue weighted by Crippen LogP contribution is -2.30. The second kappa shape index (κ2) is 8.80. The molecule has 1 aliphatic heterocycles. The van der Waals surface area contributed by atoms with Crippen LogP contribution in [-0.2, 0) is 14.3 Å². The standard InChI is InChI=1S/C21H20ClNO5/c1-23(2)21(25)19(15-6-4-3-5-7-15)28-18(24)9-8-14-12-16(22)20-17(13-14)26-10-11-27-20/h3-9,12-13,19H,10-11H2,1-2H3/b9-8+/t19-/m1/s1. The van der Waals surface area contributed by atoms with E-state index in [1.807, 2.05) is 6.07 Å². The predicted octanol–water partition coefficient (Wildman–Crippen LogP) is 3.50. The van der Waals surface area contributed by atoms with Crippen molar-refractivity contribution < 1.29 is 23.8 Å². The maximum atomic E-state index is 12.4. The van der Waals surface area contributed by atoms with Gasteiger partial charge in [-0.3, -0.25) is 4.79 Å².